The molecule has 1 fully saturated rings. The summed E-state index contributed by atoms with van der Waals surface area (Å²) in [5.41, 5.74) is 0.246. The van der Waals surface area contributed by atoms with Gasteiger partial charge in [0.15, 0.2) is 0 Å². The maximum Gasteiger partial charge on any atom is 0.232 e. The van der Waals surface area contributed by atoms with E-state index in [9.17, 15) is 13.9 Å². The summed E-state index contributed by atoms with van der Waals surface area (Å²) in [5, 5.41) is 12.5. The van der Waals surface area contributed by atoms with Crippen molar-refractivity contribution in [1.29, 1.82) is 0 Å². The number of nitrogens with one attached hydrogen (secondary N) is 1. The van der Waals surface area contributed by atoms with Crippen LogP contribution in [0, 0.1) is 5.82 Å². The zero-order valence-corrected chi connectivity index (χ0v) is 9.84. The fourth-order valence-electron chi connectivity index (χ4n) is 2.35. The summed E-state index contributed by atoms with van der Waals surface area (Å²) < 4.78 is 27.6. The first-order valence-electron chi connectivity index (χ1n) is 5.91. The predicted molar refractivity (Wildman–Crippen MR) is 61.9 cm³/mol. The molecule has 0 radical (unpaired) electrons. The number of aliphatic hydroxyl groups is 1. The fourth-order valence-corrected chi connectivity index (χ4v) is 2.35. The van der Waals surface area contributed by atoms with Gasteiger partial charge in [-0.1, -0.05) is 18.2 Å². The lowest BCUT2D eigenvalue weighted by Crippen LogP contribution is -2.27. The van der Waals surface area contributed by atoms with Gasteiger partial charge in [0.05, 0.1) is 5.56 Å². The van der Waals surface area contributed by atoms with E-state index in [1.165, 1.54) is 6.07 Å². The molecule has 0 spiro atoms. The van der Waals surface area contributed by atoms with Gasteiger partial charge in [0.2, 0.25) is 5.85 Å². The molecule has 1 heterocycles. The number of rotatable bonds is 2. The molecule has 0 saturated carbocycles. The summed E-state index contributed by atoms with van der Waals surface area (Å²) in [4.78, 5) is 0. The molecule has 1 aromatic carbocycles. The largest absolute Gasteiger partial charge is 0.358 e. The number of alkyl halides is 1. The zero-order valence-electron chi connectivity index (χ0n) is 9.84. The Morgan fingerprint density at radius 3 is 2.59 bits per heavy atom. The standard InChI is InChI=1S/C13H17F2NO/c1-13(15,17)11-4-2-3-10(12(11)14)9-5-7-16-8-6-9/h2-4,9,16-17H,5-8H2,1H3. The Morgan fingerprint density at radius 1 is 1.35 bits per heavy atom. The van der Waals surface area contributed by atoms with E-state index in [0.717, 1.165) is 32.9 Å². The van der Waals surface area contributed by atoms with Crippen LogP contribution >= 0.6 is 0 Å². The fraction of sp³-hybridized carbons (Fsp3) is 0.538. The van der Waals surface area contributed by atoms with Gasteiger partial charge >= 0.3 is 0 Å². The summed E-state index contributed by atoms with van der Waals surface area (Å²) in [6.45, 7) is 2.65. The highest BCUT2D eigenvalue weighted by molar-refractivity contribution is 5.31. The van der Waals surface area contributed by atoms with E-state index < -0.39 is 11.7 Å². The van der Waals surface area contributed by atoms with Crippen LogP contribution in [0.1, 0.15) is 36.8 Å². The van der Waals surface area contributed by atoms with Crippen LogP contribution in [-0.4, -0.2) is 18.2 Å². The third-order valence-electron chi connectivity index (χ3n) is 3.30. The Bertz CT molecular complexity index is 395. The molecule has 1 aliphatic rings. The van der Waals surface area contributed by atoms with Crippen LogP contribution in [0.4, 0.5) is 8.78 Å². The van der Waals surface area contributed by atoms with Gasteiger partial charge in [-0.2, -0.15) is 0 Å². The van der Waals surface area contributed by atoms with Crippen molar-refractivity contribution >= 4 is 0 Å². The maximum atomic E-state index is 14.1. The molecule has 94 valence electrons. The van der Waals surface area contributed by atoms with Crippen molar-refractivity contribution < 1.29 is 13.9 Å². The van der Waals surface area contributed by atoms with E-state index in [1.807, 2.05) is 0 Å². The highest BCUT2D eigenvalue weighted by atomic mass is 19.2. The van der Waals surface area contributed by atoms with E-state index in [1.54, 1.807) is 12.1 Å². The first-order chi connectivity index (χ1) is 8.00. The Morgan fingerprint density at radius 2 is 2.00 bits per heavy atom. The van der Waals surface area contributed by atoms with Gasteiger partial charge in [-0.05, 0) is 44.3 Å². The lowest BCUT2D eigenvalue weighted by atomic mass is 9.88. The molecule has 1 aliphatic heterocycles. The van der Waals surface area contributed by atoms with Crippen molar-refractivity contribution in [2.45, 2.75) is 31.5 Å². The van der Waals surface area contributed by atoms with Crippen LogP contribution < -0.4 is 5.32 Å². The highest BCUT2D eigenvalue weighted by Crippen LogP contribution is 2.33. The number of benzene rings is 1. The minimum atomic E-state index is -2.62. The molecular formula is C13H17F2NO. The number of hydrogen-bond acceptors (Lipinski definition) is 2. The smallest absolute Gasteiger partial charge is 0.232 e. The molecule has 0 amide bonds. The number of halogens is 2. The molecule has 0 aromatic heterocycles. The molecule has 1 atom stereocenters. The van der Waals surface area contributed by atoms with Crippen molar-refractivity contribution in [1.82, 2.24) is 5.32 Å². The van der Waals surface area contributed by atoms with Gasteiger partial charge in [-0.25, -0.2) is 8.78 Å². The lowest BCUT2D eigenvalue weighted by Gasteiger charge is -2.25. The number of hydrogen-bond donors (Lipinski definition) is 2. The summed E-state index contributed by atoms with van der Waals surface area (Å²) in [7, 11) is 0. The van der Waals surface area contributed by atoms with E-state index in [2.05, 4.69) is 5.32 Å². The van der Waals surface area contributed by atoms with Gasteiger partial charge in [-0.3, -0.25) is 0 Å². The van der Waals surface area contributed by atoms with Gasteiger partial charge in [0, 0.05) is 0 Å². The topological polar surface area (TPSA) is 32.3 Å². The van der Waals surface area contributed by atoms with Gasteiger partial charge in [-0.15, -0.1) is 0 Å². The molecule has 17 heavy (non-hydrogen) atoms. The van der Waals surface area contributed by atoms with Crippen LogP contribution in [0.5, 0.6) is 0 Å². The van der Waals surface area contributed by atoms with Crippen LogP contribution in [0.2, 0.25) is 0 Å². The van der Waals surface area contributed by atoms with E-state index >= 15 is 0 Å². The monoisotopic (exact) mass is 241 g/mol. The Hall–Kier alpha value is -1.00. The van der Waals surface area contributed by atoms with Crippen LogP contribution in [0.15, 0.2) is 18.2 Å². The zero-order chi connectivity index (χ0) is 12.5. The normalized spacial score (nSPS) is 21.2. The Labute approximate surface area is 99.7 Å². The third-order valence-corrected chi connectivity index (χ3v) is 3.30. The van der Waals surface area contributed by atoms with Crippen molar-refractivity contribution in [3.05, 3.63) is 35.1 Å². The molecule has 1 aromatic rings. The summed E-state index contributed by atoms with van der Waals surface area (Å²) in [5.74, 6) is -3.11. The molecule has 0 bridgehead atoms. The van der Waals surface area contributed by atoms with Crippen LogP contribution in [0.3, 0.4) is 0 Å². The van der Waals surface area contributed by atoms with Crippen molar-refractivity contribution in [3.63, 3.8) is 0 Å². The van der Waals surface area contributed by atoms with Gasteiger partial charge < -0.3 is 10.4 Å². The van der Waals surface area contributed by atoms with E-state index in [4.69, 9.17) is 0 Å². The average molecular weight is 241 g/mol. The second-order valence-electron chi connectivity index (χ2n) is 4.69. The average Bonchev–Trinajstić information content (AvgIpc) is 2.29. The highest BCUT2D eigenvalue weighted by Gasteiger charge is 2.29. The molecule has 2 nitrogen and oxygen atoms in total. The van der Waals surface area contributed by atoms with Crippen LogP contribution in [-0.2, 0) is 5.85 Å². The minimum Gasteiger partial charge on any atom is -0.358 e. The second kappa shape index (κ2) is 4.70. The molecule has 4 heteroatoms. The summed E-state index contributed by atoms with van der Waals surface area (Å²) in [6, 6.07) is 4.57. The Balaban J connectivity index is 2.35. The van der Waals surface area contributed by atoms with Gasteiger partial charge in [0.1, 0.15) is 5.82 Å². The van der Waals surface area contributed by atoms with Crippen LogP contribution in [0.25, 0.3) is 0 Å². The summed E-state index contributed by atoms with van der Waals surface area (Å²) in [6.07, 6.45) is 1.68. The molecule has 0 aliphatic carbocycles. The van der Waals surface area contributed by atoms with Gasteiger partial charge in [0.25, 0.3) is 0 Å². The summed E-state index contributed by atoms with van der Waals surface area (Å²) >= 11 is 0. The molecular weight excluding hydrogens is 224 g/mol. The molecule has 2 N–H and O–H groups in total. The minimum absolute atomic E-state index is 0.110. The first-order valence-corrected chi connectivity index (χ1v) is 5.91. The molecule has 1 saturated heterocycles. The maximum absolute atomic E-state index is 14.1. The lowest BCUT2D eigenvalue weighted by molar-refractivity contribution is -0.0796. The van der Waals surface area contributed by atoms with Crippen molar-refractivity contribution in [3.8, 4) is 0 Å². The first kappa shape index (κ1) is 12.5. The Kier molecular flexibility index (Phi) is 3.45. The van der Waals surface area contributed by atoms with Crippen molar-refractivity contribution in [2.75, 3.05) is 13.1 Å². The molecule has 2 rings (SSSR count). The molecule has 1 unspecified atom stereocenters. The SMILES string of the molecule is CC(O)(F)c1cccc(C2CCNCC2)c1F. The number of piperidine rings is 1. The van der Waals surface area contributed by atoms with E-state index in [0.29, 0.717) is 5.56 Å². The quantitative estimate of drug-likeness (QED) is 0.833. The second-order valence-corrected chi connectivity index (χ2v) is 4.69. The van der Waals surface area contributed by atoms with E-state index in [-0.39, 0.29) is 11.5 Å². The van der Waals surface area contributed by atoms with Crippen molar-refractivity contribution in [2.24, 2.45) is 0 Å². The predicted octanol–water partition coefficient (Wildman–Crippen LogP) is 2.43. The third kappa shape index (κ3) is 2.64.